The minimum atomic E-state index is -0.776. The van der Waals surface area contributed by atoms with Gasteiger partial charge in [0.25, 0.3) is 5.91 Å². The largest absolute Gasteiger partial charge is 0.481 e. The van der Waals surface area contributed by atoms with E-state index in [9.17, 15) is 9.59 Å². The first kappa shape index (κ1) is 15.0. The van der Waals surface area contributed by atoms with Crippen LogP contribution in [0.1, 0.15) is 41.7 Å². The van der Waals surface area contributed by atoms with E-state index in [-0.39, 0.29) is 12.3 Å². The summed E-state index contributed by atoms with van der Waals surface area (Å²) in [6.07, 6.45) is 6.12. The number of pyridine rings is 1. The molecule has 6 nitrogen and oxygen atoms in total. The predicted molar refractivity (Wildman–Crippen MR) is 78.4 cm³/mol. The van der Waals surface area contributed by atoms with Gasteiger partial charge >= 0.3 is 5.97 Å². The lowest BCUT2D eigenvalue weighted by atomic mass is 10.2. The summed E-state index contributed by atoms with van der Waals surface area (Å²) >= 11 is 0. The molecule has 2 heterocycles. The fourth-order valence-electron chi connectivity index (χ4n) is 2.13. The average molecular weight is 289 g/mol. The summed E-state index contributed by atoms with van der Waals surface area (Å²) in [6.45, 7) is 2.46. The highest BCUT2D eigenvalue weighted by molar-refractivity contribution is 5.95. The third-order valence-electron chi connectivity index (χ3n) is 3.20. The number of hydrogen-bond donors (Lipinski definition) is 2. The van der Waals surface area contributed by atoms with E-state index in [1.807, 2.05) is 23.7 Å². The smallest absolute Gasteiger partial charge is 0.303 e. The van der Waals surface area contributed by atoms with Crippen LogP contribution in [0.3, 0.4) is 0 Å². The maximum atomic E-state index is 12.0. The molecule has 2 N–H and O–H groups in total. The van der Waals surface area contributed by atoms with Gasteiger partial charge in [-0.15, -0.1) is 0 Å². The van der Waals surface area contributed by atoms with Gasteiger partial charge in [-0.05, 0) is 31.9 Å². The number of nitrogens with one attached hydrogen (secondary N) is 1. The Bertz CT molecular complexity index is 649. The number of carbonyl (C=O) groups excluding carboxylic acids is 1. The van der Waals surface area contributed by atoms with Gasteiger partial charge in [0.2, 0.25) is 0 Å². The summed E-state index contributed by atoms with van der Waals surface area (Å²) in [5.41, 5.74) is 2.24. The Hall–Kier alpha value is -2.37. The molecule has 21 heavy (non-hydrogen) atoms. The molecule has 0 radical (unpaired) electrons. The minimum absolute atomic E-state index is 0.128. The average Bonchev–Trinajstić information content (AvgIpc) is 2.81. The van der Waals surface area contributed by atoms with Crippen molar-refractivity contribution < 1.29 is 14.7 Å². The number of fused-ring (bicyclic) bond motifs is 1. The summed E-state index contributed by atoms with van der Waals surface area (Å²) in [5.74, 6) is -0.904. The Balaban J connectivity index is 1.80. The number of aryl methyl sites for hydroxylation is 1. The van der Waals surface area contributed by atoms with Crippen molar-refractivity contribution in [2.24, 2.45) is 0 Å². The number of carboxylic acid groups (broad SMARTS) is 1. The van der Waals surface area contributed by atoms with E-state index >= 15 is 0 Å². The summed E-state index contributed by atoms with van der Waals surface area (Å²) in [7, 11) is 0. The van der Waals surface area contributed by atoms with E-state index in [0.717, 1.165) is 24.2 Å². The van der Waals surface area contributed by atoms with Gasteiger partial charge in [-0.3, -0.25) is 9.59 Å². The second-order valence-corrected chi connectivity index (χ2v) is 5.02. The maximum absolute atomic E-state index is 12.0. The van der Waals surface area contributed by atoms with Crippen molar-refractivity contribution in [2.45, 2.75) is 32.6 Å². The Morgan fingerprint density at radius 1 is 1.33 bits per heavy atom. The number of amides is 1. The van der Waals surface area contributed by atoms with Crippen LogP contribution in [-0.2, 0) is 4.79 Å². The zero-order valence-corrected chi connectivity index (χ0v) is 12.0. The van der Waals surface area contributed by atoms with Crippen LogP contribution >= 0.6 is 0 Å². The Labute approximate surface area is 122 Å². The van der Waals surface area contributed by atoms with Crippen LogP contribution in [0, 0.1) is 6.92 Å². The quantitative estimate of drug-likeness (QED) is 0.764. The topological polar surface area (TPSA) is 83.7 Å². The highest BCUT2D eigenvalue weighted by Gasteiger charge is 2.07. The molecule has 0 atom stereocenters. The molecule has 0 unspecified atom stereocenters. The lowest BCUT2D eigenvalue weighted by Gasteiger charge is -2.05. The third-order valence-corrected chi connectivity index (χ3v) is 3.20. The Kier molecular flexibility index (Phi) is 4.92. The first-order chi connectivity index (χ1) is 10.1. The molecule has 112 valence electrons. The lowest BCUT2D eigenvalue weighted by molar-refractivity contribution is -0.137. The van der Waals surface area contributed by atoms with E-state index in [1.165, 1.54) is 0 Å². The summed E-state index contributed by atoms with van der Waals surface area (Å²) in [4.78, 5) is 26.7. The Morgan fingerprint density at radius 3 is 2.90 bits per heavy atom. The van der Waals surface area contributed by atoms with E-state index in [2.05, 4.69) is 10.3 Å². The van der Waals surface area contributed by atoms with Gasteiger partial charge in [0.1, 0.15) is 5.65 Å². The molecule has 0 aromatic carbocycles. The fraction of sp³-hybridized carbons (Fsp3) is 0.400. The number of hydrogen-bond acceptors (Lipinski definition) is 3. The van der Waals surface area contributed by atoms with Crippen LogP contribution in [0.15, 0.2) is 24.5 Å². The summed E-state index contributed by atoms with van der Waals surface area (Å²) in [5, 5.41) is 11.4. The molecule has 2 aromatic heterocycles. The standard InChI is InChI=1S/C15H19N3O3/c1-11-10-18-8-6-12(9-13(18)17-11)15(21)16-7-4-2-3-5-14(19)20/h6,8-10H,2-5,7H2,1H3,(H,16,21)(H,19,20). The molecular formula is C15H19N3O3. The molecule has 2 aromatic rings. The highest BCUT2D eigenvalue weighted by Crippen LogP contribution is 2.08. The number of aliphatic carboxylic acids is 1. The fourth-order valence-corrected chi connectivity index (χ4v) is 2.13. The first-order valence-corrected chi connectivity index (χ1v) is 7.01. The zero-order chi connectivity index (χ0) is 15.2. The number of imidazole rings is 1. The van der Waals surface area contributed by atoms with Crippen LogP contribution < -0.4 is 5.32 Å². The molecule has 0 saturated heterocycles. The number of unbranched alkanes of at least 4 members (excludes halogenated alkanes) is 2. The first-order valence-electron chi connectivity index (χ1n) is 7.01. The van der Waals surface area contributed by atoms with Crippen LogP contribution in [0.2, 0.25) is 0 Å². The summed E-state index contributed by atoms with van der Waals surface area (Å²) < 4.78 is 1.87. The van der Waals surface area contributed by atoms with Crippen molar-refractivity contribution in [2.75, 3.05) is 6.54 Å². The molecule has 0 fully saturated rings. The minimum Gasteiger partial charge on any atom is -0.481 e. The lowest BCUT2D eigenvalue weighted by Crippen LogP contribution is -2.24. The van der Waals surface area contributed by atoms with Gasteiger partial charge in [0.05, 0.1) is 5.69 Å². The number of carboxylic acids is 1. The van der Waals surface area contributed by atoms with E-state index in [0.29, 0.717) is 18.5 Å². The van der Waals surface area contributed by atoms with Gasteiger partial charge in [0, 0.05) is 30.9 Å². The molecule has 0 aliphatic heterocycles. The molecule has 6 heteroatoms. The van der Waals surface area contributed by atoms with Crippen molar-refractivity contribution in [1.29, 1.82) is 0 Å². The van der Waals surface area contributed by atoms with Crippen molar-refractivity contribution >= 4 is 17.5 Å². The number of nitrogens with zero attached hydrogens (tertiary/aromatic N) is 2. The Morgan fingerprint density at radius 2 is 2.14 bits per heavy atom. The van der Waals surface area contributed by atoms with E-state index in [4.69, 9.17) is 5.11 Å². The van der Waals surface area contributed by atoms with Gasteiger partial charge in [0.15, 0.2) is 0 Å². The third kappa shape index (κ3) is 4.30. The number of rotatable bonds is 7. The number of aromatic nitrogens is 2. The normalized spacial score (nSPS) is 10.7. The molecular weight excluding hydrogens is 270 g/mol. The number of carbonyl (C=O) groups is 2. The predicted octanol–water partition coefficient (Wildman–Crippen LogP) is 2.02. The van der Waals surface area contributed by atoms with Crippen molar-refractivity contribution in [3.8, 4) is 0 Å². The van der Waals surface area contributed by atoms with Crippen LogP contribution in [0.5, 0.6) is 0 Å². The van der Waals surface area contributed by atoms with Crippen molar-refractivity contribution in [1.82, 2.24) is 14.7 Å². The van der Waals surface area contributed by atoms with Crippen LogP contribution in [0.25, 0.3) is 5.65 Å². The van der Waals surface area contributed by atoms with Gasteiger partial charge < -0.3 is 14.8 Å². The zero-order valence-electron chi connectivity index (χ0n) is 12.0. The molecule has 0 aliphatic rings. The van der Waals surface area contributed by atoms with Crippen LogP contribution in [-0.4, -0.2) is 32.9 Å². The highest BCUT2D eigenvalue weighted by atomic mass is 16.4. The monoisotopic (exact) mass is 289 g/mol. The molecule has 2 rings (SSSR count). The molecule has 0 aliphatic carbocycles. The van der Waals surface area contributed by atoms with Crippen LogP contribution in [0.4, 0.5) is 0 Å². The van der Waals surface area contributed by atoms with Crippen molar-refractivity contribution in [3.05, 3.63) is 35.8 Å². The molecule has 1 amide bonds. The van der Waals surface area contributed by atoms with Gasteiger partial charge in [-0.1, -0.05) is 6.42 Å². The molecule has 0 bridgehead atoms. The van der Waals surface area contributed by atoms with Gasteiger partial charge in [-0.25, -0.2) is 4.98 Å². The second kappa shape index (κ2) is 6.88. The SMILES string of the molecule is Cc1cn2ccc(C(=O)NCCCCCC(=O)O)cc2n1. The molecule has 0 saturated carbocycles. The van der Waals surface area contributed by atoms with Crippen molar-refractivity contribution in [3.63, 3.8) is 0 Å². The maximum Gasteiger partial charge on any atom is 0.303 e. The van der Waals surface area contributed by atoms with Gasteiger partial charge in [-0.2, -0.15) is 0 Å². The van der Waals surface area contributed by atoms with E-state index in [1.54, 1.807) is 12.1 Å². The second-order valence-electron chi connectivity index (χ2n) is 5.02. The van der Waals surface area contributed by atoms with E-state index < -0.39 is 5.97 Å². The summed E-state index contributed by atoms with van der Waals surface area (Å²) in [6, 6.07) is 3.51. The molecule has 0 spiro atoms.